The molecule has 25 heavy (non-hydrogen) atoms. The first-order chi connectivity index (χ1) is 11.9. The van der Waals surface area contributed by atoms with Gasteiger partial charge in [0.1, 0.15) is 11.5 Å². The Kier molecular flexibility index (Phi) is 6.19. The highest BCUT2D eigenvalue weighted by molar-refractivity contribution is 7.90. The van der Waals surface area contributed by atoms with Crippen molar-refractivity contribution in [3.05, 3.63) is 61.2 Å². The summed E-state index contributed by atoms with van der Waals surface area (Å²) in [5.74, 6) is 0.740. The SMILES string of the molecule is C=CCNC(=O)CNc1ccc(Oc2ccccc2)cc1S(C)(=O)=O. The van der Waals surface area contributed by atoms with Crippen molar-refractivity contribution in [3.63, 3.8) is 0 Å². The summed E-state index contributed by atoms with van der Waals surface area (Å²) in [7, 11) is -3.50. The van der Waals surface area contributed by atoms with Gasteiger partial charge in [0.15, 0.2) is 9.84 Å². The molecule has 7 heteroatoms. The maximum atomic E-state index is 12.1. The zero-order chi connectivity index (χ0) is 18.3. The lowest BCUT2D eigenvalue weighted by Gasteiger charge is -2.13. The molecule has 0 saturated carbocycles. The molecule has 132 valence electrons. The van der Waals surface area contributed by atoms with Gasteiger partial charge in [0.2, 0.25) is 5.91 Å². The van der Waals surface area contributed by atoms with Gasteiger partial charge in [-0.1, -0.05) is 24.3 Å². The Balaban J connectivity index is 2.20. The van der Waals surface area contributed by atoms with Crippen LogP contribution in [-0.2, 0) is 14.6 Å². The molecular formula is C18H20N2O4S. The van der Waals surface area contributed by atoms with Crippen molar-refractivity contribution in [2.75, 3.05) is 24.7 Å². The second kappa shape index (κ2) is 8.34. The molecule has 0 spiro atoms. The Labute approximate surface area is 147 Å². The van der Waals surface area contributed by atoms with Crippen LogP contribution in [0.1, 0.15) is 0 Å². The molecule has 6 nitrogen and oxygen atoms in total. The average molecular weight is 360 g/mol. The van der Waals surface area contributed by atoms with Gasteiger partial charge in [-0.3, -0.25) is 4.79 Å². The first-order valence-corrected chi connectivity index (χ1v) is 9.48. The molecule has 0 aliphatic heterocycles. The number of nitrogens with one attached hydrogen (secondary N) is 2. The maximum Gasteiger partial charge on any atom is 0.239 e. The van der Waals surface area contributed by atoms with Gasteiger partial charge in [-0.05, 0) is 24.3 Å². The monoisotopic (exact) mass is 360 g/mol. The molecule has 0 saturated heterocycles. The van der Waals surface area contributed by atoms with Crippen LogP contribution < -0.4 is 15.4 Å². The van der Waals surface area contributed by atoms with E-state index in [2.05, 4.69) is 17.2 Å². The van der Waals surface area contributed by atoms with Crippen LogP contribution in [0.3, 0.4) is 0 Å². The zero-order valence-corrected chi connectivity index (χ0v) is 14.7. The summed E-state index contributed by atoms with van der Waals surface area (Å²) in [6.45, 7) is 3.82. The van der Waals surface area contributed by atoms with E-state index in [1.165, 1.54) is 6.07 Å². The predicted octanol–water partition coefficient (Wildman–Crippen LogP) is 2.60. The smallest absolute Gasteiger partial charge is 0.239 e. The van der Waals surface area contributed by atoms with Crippen LogP contribution in [0.5, 0.6) is 11.5 Å². The van der Waals surface area contributed by atoms with E-state index in [4.69, 9.17) is 4.74 Å². The number of carbonyl (C=O) groups excluding carboxylic acids is 1. The number of amides is 1. The van der Waals surface area contributed by atoms with Crippen LogP contribution in [0.4, 0.5) is 5.69 Å². The van der Waals surface area contributed by atoms with E-state index in [1.54, 1.807) is 30.3 Å². The van der Waals surface area contributed by atoms with E-state index >= 15 is 0 Å². The molecule has 0 unspecified atom stereocenters. The standard InChI is InChI=1S/C18H20N2O4S/c1-3-11-19-18(21)13-20-16-10-9-15(12-17(16)25(2,22)23)24-14-7-5-4-6-8-14/h3-10,12,20H,1,11,13H2,2H3,(H,19,21). The van der Waals surface area contributed by atoms with Crippen LogP contribution in [0.25, 0.3) is 0 Å². The van der Waals surface area contributed by atoms with Crippen molar-refractivity contribution in [1.82, 2.24) is 5.32 Å². The van der Waals surface area contributed by atoms with Crippen molar-refractivity contribution < 1.29 is 17.9 Å². The third kappa shape index (κ3) is 5.65. The minimum absolute atomic E-state index is 0.0464. The lowest BCUT2D eigenvalue weighted by Crippen LogP contribution is -2.30. The molecule has 0 fully saturated rings. The Morgan fingerprint density at radius 1 is 1.16 bits per heavy atom. The number of benzene rings is 2. The van der Waals surface area contributed by atoms with Gasteiger partial charge in [0.05, 0.1) is 17.1 Å². The number of carbonyl (C=O) groups is 1. The minimum atomic E-state index is -3.50. The Morgan fingerprint density at radius 3 is 2.52 bits per heavy atom. The fourth-order valence-corrected chi connectivity index (χ4v) is 2.94. The van der Waals surface area contributed by atoms with Crippen LogP contribution >= 0.6 is 0 Å². The van der Waals surface area contributed by atoms with E-state index in [-0.39, 0.29) is 17.3 Å². The third-order valence-corrected chi connectivity index (χ3v) is 4.35. The molecule has 0 aliphatic rings. The van der Waals surface area contributed by atoms with Crippen molar-refractivity contribution in [3.8, 4) is 11.5 Å². The van der Waals surface area contributed by atoms with E-state index in [0.717, 1.165) is 6.26 Å². The molecule has 0 atom stereocenters. The minimum Gasteiger partial charge on any atom is -0.457 e. The number of sulfone groups is 1. The summed E-state index contributed by atoms with van der Waals surface area (Å²) < 4.78 is 29.8. The first kappa shape index (κ1) is 18.5. The molecule has 0 heterocycles. The predicted molar refractivity (Wildman–Crippen MR) is 97.8 cm³/mol. The molecule has 0 radical (unpaired) electrons. The maximum absolute atomic E-state index is 12.1. The average Bonchev–Trinajstić information content (AvgIpc) is 2.59. The normalized spacial score (nSPS) is 10.8. The van der Waals surface area contributed by atoms with E-state index in [9.17, 15) is 13.2 Å². The Bertz CT molecular complexity index is 849. The van der Waals surface area contributed by atoms with Gasteiger partial charge in [-0.25, -0.2) is 8.42 Å². The molecule has 2 aromatic carbocycles. The number of ether oxygens (including phenoxy) is 1. The molecule has 1 amide bonds. The molecule has 0 aromatic heterocycles. The fourth-order valence-electron chi connectivity index (χ4n) is 2.07. The van der Waals surface area contributed by atoms with Crippen molar-refractivity contribution in [2.45, 2.75) is 4.90 Å². The van der Waals surface area contributed by atoms with Gasteiger partial charge in [-0.15, -0.1) is 6.58 Å². The topological polar surface area (TPSA) is 84.5 Å². The highest BCUT2D eigenvalue weighted by Gasteiger charge is 2.16. The Morgan fingerprint density at radius 2 is 1.88 bits per heavy atom. The Hall–Kier alpha value is -2.80. The summed E-state index contributed by atoms with van der Waals surface area (Å²) >= 11 is 0. The molecule has 2 N–H and O–H groups in total. The summed E-state index contributed by atoms with van der Waals surface area (Å²) in [6.07, 6.45) is 2.67. The largest absolute Gasteiger partial charge is 0.457 e. The number of hydrogen-bond donors (Lipinski definition) is 2. The van der Waals surface area contributed by atoms with Gasteiger partial charge in [-0.2, -0.15) is 0 Å². The quantitative estimate of drug-likeness (QED) is 0.707. The highest BCUT2D eigenvalue weighted by atomic mass is 32.2. The van der Waals surface area contributed by atoms with E-state index in [1.807, 2.05) is 18.2 Å². The van der Waals surface area contributed by atoms with Gasteiger partial charge >= 0.3 is 0 Å². The van der Waals surface area contributed by atoms with E-state index < -0.39 is 9.84 Å². The summed E-state index contributed by atoms with van der Waals surface area (Å²) in [5, 5.41) is 5.45. The molecule has 0 aliphatic carbocycles. The molecule has 2 rings (SSSR count). The molecule has 2 aromatic rings. The van der Waals surface area contributed by atoms with Crippen molar-refractivity contribution in [1.29, 1.82) is 0 Å². The van der Waals surface area contributed by atoms with Crippen LogP contribution in [0.2, 0.25) is 0 Å². The number of anilines is 1. The molecular weight excluding hydrogens is 340 g/mol. The second-order valence-electron chi connectivity index (χ2n) is 5.29. The summed E-state index contributed by atoms with van der Waals surface area (Å²) in [6, 6.07) is 13.7. The van der Waals surface area contributed by atoms with E-state index in [0.29, 0.717) is 23.7 Å². The van der Waals surface area contributed by atoms with Crippen LogP contribution in [0, 0.1) is 0 Å². The first-order valence-electron chi connectivity index (χ1n) is 7.58. The second-order valence-corrected chi connectivity index (χ2v) is 7.28. The summed E-state index contributed by atoms with van der Waals surface area (Å²) in [4.78, 5) is 11.7. The van der Waals surface area contributed by atoms with Gasteiger partial charge in [0.25, 0.3) is 0 Å². The van der Waals surface area contributed by atoms with Crippen LogP contribution in [0.15, 0.2) is 66.1 Å². The van der Waals surface area contributed by atoms with Gasteiger partial charge < -0.3 is 15.4 Å². The fraction of sp³-hybridized carbons (Fsp3) is 0.167. The van der Waals surface area contributed by atoms with Crippen molar-refractivity contribution >= 4 is 21.4 Å². The van der Waals surface area contributed by atoms with Crippen LogP contribution in [-0.4, -0.2) is 33.7 Å². The third-order valence-electron chi connectivity index (χ3n) is 3.21. The summed E-state index contributed by atoms with van der Waals surface area (Å²) in [5.41, 5.74) is 0.344. The highest BCUT2D eigenvalue weighted by Crippen LogP contribution is 2.29. The number of rotatable bonds is 8. The lowest BCUT2D eigenvalue weighted by atomic mass is 10.3. The molecule has 0 bridgehead atoms. The number of hydrogen-bond acceptors (Lipinski definition) is 5. The lowest BCUT2D eigenvalue weighted by molar-refractivity contribution is -0.119. The van der Waals surface area contributed by atoms with Crippen molar-refractivity contribution in [2.24, 2.45) is 0 Å². The van der Waals surface area contributed by atoms with Gasteiger partial charge in [0, 0.05) is 18.9 Å². The zero-order valence-electron chi connectivity index (χ0n) is 13.9. The number of para-hydroxylation sites is 1.